The highest BCUT2D eigenvalue weighted by atomic mass is 16.5. The molecule has 6 heteroatoms. The fourth-order valence-corrected chi connectivity index (χ4v) is 2.90. The lowest BCUT2D eigenvalue weighted by molar-refractivity contribution is 0.414. The van der Waals surface area contributed by atoms with E-state index in [4.69, 9.17) is 16.2 Å². The molecule has 4 N–H and O–H groups in total. The van der Waals surface area contributed by atoms with Crippen LogP contribution in [0.5, 0.6) is 5.75 Å². The maximum atomic E-state index is 6.01. The highest BCUT2D eigenvalue weighted by Gasteiger charge is 2.10. The van der Waals surface area contributed by atoms with Crippen molar-refractivity contribution in [3.63, 3.8) is 0 Å². The first-order valence-corrected chi connectivity index (χ1v) is 9.04. The lowest BCUT2D eigenvalue weighted by Gasteiger charge is -2.11. The number of anilines is 2. The minimum absolute atomic E-state index is 0.0441. The first kappa shape index (κ1) is 19.2. The summed E-state index contributed by atoms with van der Waals surface area (Å²) in [6, 6.07) is 10.0. The van der Waals surface area contributed by atoms with Crippen LogP contribution < -0.4 is 16.2 Å². The van der Waals surface area contributed by atoms with Crippen LogP contribution in [0.25, 0.3) is 11.1 Å². The van der Waals surface area contributed by atoms with Crippen molar-refractivity contribution in [3.05, 3.63) is 59.5 Å². The van der Waals surface area contributed by atoms with E-state index < -0.39 is 0 Å². The van der Waals surface area contributed by atoms with Gasteiger partial charge in [0.05, 0.1) is 18.4 Å². The Hall–Kier alpha value is -3.59. The van der Waals surface area contributed by atoms with E-state index in [0.29, 0.717) is 17.8 Å². The van der Waals surface area contributed by atoms with E-state index in [0.717, 1.165) is 28.1 Å². The zero-order valence-electron chi connectivity index (χ0n) is 16.2. The van der Waals surface area contributed by atoms with Gasteiger partial charge in [0.15, 0.2) is 0 Å². The summed E-state index contributed by atoms with van der Waals surface area (Å²) in [7, 11) is 1.66. The summed E-state index contributed by atoms with van der Waals surface area (Å²) in [5, 5.41) is 0. The van der Waals surface area contributed by atoms with Gasteiger partial charge in [-0.2, -0.15) is 4.98 Å². The Bertz CT molecular complexity index is 1040. The Morgan fingerprint density at radius 3 is 2.50 bits per heavy atom. The van der Waals surface area contributed by atoms with Crippen molar-refractivity contribution >= 4 is 11.8 Å². The number of hydrogen-bond donors (Lipinski definition) is 2. The molecule has 6 nitrogen and oxygen atoms in total. The third-order valence-electron chi connectivity index (χ3n) is 4.46. The molecule has 3 rings (SSSR count). The summed E-state index contributed by atoms with van der Waals surface area (Å²) in [6.45, 7) is 4.02. The van der Waals surface area contributed by atoms with Crippen LogP contribution in [0.4, 0.5) is 11.8 Å². The molecule has 0 radical (unpaired) electrons. The SMILES string of the molecule is CCc1nc(N)nc(N)c1C#C[C@@H](C)c1cc(OC)cc(-c2ccncc2)c1. The Morgan fingerprint density at radius 1 is 1.07 bits per heavy atom. The molecule has 28 heavy (non-hydrogen) atoms. The van der Waals surface area contributed by atoms with Crippen LogP contribution in [0.15, 0.2) is 42.7 Å². The smallest absolute Gasteiger partial charge is 0.222 e. The van der Waals surface area contributed by atoms with Gasteiger partial charge in [0.25, 0.3) is 0 Å². The quantitative estimate of drug-likeness (QED) is 0.680. The lowest BCUT2D eigenvalue weighted by atomic mass is 9.96. The van der Waals surface area contributed by atoms with Gasteiger partial charge < -0.3 is 16.2 Å². The number of nitrogens with two attached hydrogens (primary N) is 2. The molecular formula is C22H23N5O. The van der Waals surface area contributed by atoms with Crippen LogP contribution in [-0.4, -0.2) is 22.1 Å². The number of ether oxygens (including phenoxy) is 1. The molecule has 0 spiro atoms. The molecule has 1 aromatic carbocycles. The number of aryl methyl sites for hydroxylation is 1. The molecule has 2 aromatic heterocycles. The molecule has 2 heterocycles. The molecule has 142 valence electrons. The van der Waals surface area contributed by atoms with Gasteiger partial charge in [0.1, 0.15) is 11.6 Å². The number of hydrogen-bond acceptors (Lipinski definition) is 6. The second-order valence-corrected chi connectivity index (χ2v) is 6.36. The molecule has 0 aliphatic rings. The van der Waals surface area contributed by atoms with Crippen molar-refractivity contribution < 1.29 is 4.74 Å². The van der Waals surface area contributed by atoms with E-state index in [1.54, 1.807) is 19.5 Å². The van der Waals surface area contributed by atoms with Crippen molar-refractivity contribution in [2.45, 2.75) is 26.2 Å². The number of methoxy groups -OCH3 is 1. The largest absolute Gasteiger partial charge is 0.497 e. The normalized spacial score (nSPS) is 11.4. The molecule has 0 saturated heterocycles. The third kappa shape index (κ3) is 4.21. The van der Waals surface area contributed by atoms with Gasteiger partial charge in [0, 0.05) is 18.3 Å². The van der Waals surface area contributed by atoms with Gasteiger partial charge in [-0.15, -0.1) is 0 Å². The van der Waals surface area contributed by atoms with Crippen molar-refractivity contribution in [2.24, 2.45) is 0 Å². The van der Waals surface area contributed by atoms with Gasteiger partial charge in [-0.25, -0.2) is 4.98 Å². The molecular weight excluding hydrogens is 350 g/mol. The van der Waals surface area contributed by atoms with Crippen molar-refractivity contribution in [3.8, 4) is 28.7 Å². The molecule has 0 amide bonds. The molecule has 0 unspecified atom stereocenters. The molecule has 0 saturated carbocycles. The predicted molar refractivity (Wildman–Crippen MR) is 112 cm³/mol. The number of benzene rings is 1. The second-order valence-electron chi connectivity index (χ2n) is 6.36. The molecule has 0 aliphatic carbocycles. The molecule has 3 aromatic rings. The van der Waals surface area contributed by atoms with Gasteiger partial charge in [-0.05, 0) is 60.4 Å². The van der Waals surface area contributed by atoms with Crippen LogP contribution >= 0.6 is 0 Å². The summed E-state index contributed by atoms with van der Waals surface area (Å²) in [4.78, 5) is 12.4. The summed E-state index contributed by atoms with van der Waals surface area (Å²) < 4.78 is 5.48. The van der Waals surface area contributed by atoms with Gasteiger partial charge >= 0.3 is 0 Å². The van der Waals surface area contributed by atoms with Crippen LogP contribution in [0, 0.1) is 11.8 Å². The van der Waals surface area contributed by atoms with E-state index in [9.17, 15) is 0 Å². The van der Waals surface area contributed by atoms with Crippen LogP contribution in [0.2, 0.25) is 0 Å². The van der Waals surface area contributed by atoms with Crippen molar-refractivity contribution in [2.75, 3.05) is 18.6 Å². The Labute approximate surface area is 165 Å². The van der Waals surface area contributed by atoms with Crippen molar-refractivity contribution in [1.29, 1.82) is 0 Å². The van der Waals surface area contributed by atoms with Crippen LogP contribution in [0.1, 0.15) is 36.6 Å². The molecule has 0 fully saturated rings. The number of pyridine rings is 1. The summed E-state index contributed by atoms with van der Waals surface area (Å²) in [6.07, 6.45) is 4.22. The third-order valence-corrected chi connectivity index (χ3v) is 4.46. The Kier molecular flexibility index (Phi) is 5.75. The topological polar surface area (TPSA) is 99.9 Å². The zero-order chi connectivity index (χ0) is 20.1. The Morgan fingerprint density at radius 2 is 1.82 bits per heavy atom. The van der Waals surface area contributed by atoms with Gasteiger partial charge in [-0.1, -0.05) is 18.8 Å². The summed E-state index contributed by atoms with van der Waals surface area (Å²) >= 11 is 0. The average molecular weight is 373 g/mol. The average Bonchev–Trinajstić information content (AvgIpc) is 2.72. The van der Waals surface area contributed by atoms with Gasteiger partial charge in [0.2, 0.25) is 5.95 Å². The standard InChI is InChI=1S/C22H23N5O/c1-4-20-19(21(23)27-22(24)26-20)6-5-14(2)16-11-17(13-18(12-16)28-3)15-7-9-25-10-8-15/h7-14H,4H2,1-3H3,(H4,23,24,26,27)/t14-/m1/s1. The maximum absolute atomic E-state index is 6.01. The second kappa shape index (κ2) is 8.40. The van der Waals surface area contributed by atoms with E-state index in [2.05, 4.69) is 32.9 Å². The van der Waals surface area contributed by atoms with E-state index in [-0.39, 0.29) is 11.9 Å². The van der Waals surface area contributed by atoms with Crippen LogP contribution in [0.3, 0.4) is 0 Å². The highest BCUT2D eigenvalue weighted by molar-refractivity contribution is 5.66. The molecule has 1 atom stereocenters. The fraction of sp³-hybridized carbons (Fsp3) is 0.227. The minimum Gasteiger partial charge on any atom is -0.497 e. The number of nitrogen functional groups attached to an aromatic ring is 2. The lowest BCUT2D eigenvalue weighted by Crippen LogP contribution is -2.06. The first-order chi connectivity index (χ1) is 13.5. The van der Waals surface area contributed by atoms with E-state index in [1.807, 2.05) is 38.1 Å². The number of rotatable bonds is 4. The number of aromatic nitrogens is 3. The minimum atomic E-state index is -0.0441. The predicted octanol–water partition coefficient (Wildman–Crippen LogP) is 3.43. The fourth-order valence-electron chi connectivity index (χ4n) is 2.90. The maximum Gasteiger partial charge on any atom is 0.222 e. The summed E-state index contributed by atoms with van der Waals surface area (Å²) in [5.74, 6) is 7.63. The Balaban J connectivity index is 1.99. The van der Waals surface area contributed by atoms with Crippen LogP contribution in [-0.2, 0) is 6.42 Å². The zero-order valence-corrected chi connectivity index (χ0v) is 16.2. The van der Waals surface area contributed by atoms with Crippen molar-refractivity contribution in [1.82, 2.24) is 15.0 Å². The highest BCUT2D eigenvalue weighted by Crippen LogP contribution is 2.29. The summed E-state index contributed by atoms with van der Waals surface area (Å²) in [5.41, 5.74) is 16.3. The molecule has 0 aliphatic heterocycles. The monoisotopic (exact) mass is 373 g/mol. The first-order valence-electron chi connectivity index (χ1n) is 9.04. The van der Waals surface area contributed by atoms with E-state index in [1.165, 1.54) is 0 Å². The molecule has 0 bridgehead atoms. The van der Waals surface area contributed by atoms with E-state index >= 15 is 0 Å². The number of nitrogens with zero attached hydrogens (tertiary/aromatic N) is 3. The van der Waals surface area contributed by atoms with Gasteiger partial charge in [-0.3, -0.25) is 4.98 Å².